The van der Waals surface area contributed by atoms with Gasteiger partial charge in [0.1, 0.15) is 11.3 Å². The van der Waals surface area contributed by atoms with Crippen LogP contribution in [-0.4, -0.2) is 60.1 Å². The molecule has 3 aliphatic rings. The van der Waals surface area contributed by atoms with Gasteiger partial charge in [0.2, 0.25) is 16.0 Å². The van der Waals surface area contributed by atoms with Crippen molar-refractivity contribution in [2.75, 3.05) is 43.1 Å². The van der Waals surface area contributed by atoms with Crippen LogP contribution >= 0.6 is 0 Å². The molecule has 34 heavy (non-hydrogen) atoms. The van der Waals surface area contributed by atoms with Crippen molar-refractivity contribution >= 4 is 32.7 Å². The van der Waals surface area contributed by atoms with Crippen LogP contribution in [0.25, 0.3) is 22.2 Å². The van der Waals surface area contributed by atoms with Crippen molar-refractivity contribution in [1.29, 1.82) is 0 Å². The molecule has 2 saturated heterocycles. The molecule has 0 aliphatic carbocycles. The number of halogens is 1. The second kappa shape index (κ2) is 7.30. The van der Waals surface area contributed by atoms with E-state index >= 15 is 4.39 Å². The molecule has 3 N–H and O–H groups in total. The van der Waals surface area contributed by atoms with E-state index in [9.17, 15) is 8.42 Å². The van der Waals surface area contributed by atoms with Crippen LogP contribution in [0.4, 0.5) is 16.2 Å². The molecular weight excluding hydrogens is 457 g/mol. The van der Waals surface area contributed by atoms with E-state index in [2.05, 4.69) is 20.2 Å². The lowest BCUT2D eigenvalue weighted by Gasteiger charge is -2.48. The Morgan fingerprint density at radius 1 is 1.12 bits per heavy atom. The van der Waals surface area contributed by atoms with Crippen molar-refractivity contribution in [3.05, 3.63) is 40.8 Å². The van der Waals surface area contributed by atoms with Crippen LogP contribution in [-0.2, 0) is 23.1 Å². The van der Waals surface area contributed by atoms with Crippen LogP contribution < -0.4 is 16.0 Å². The molecule has 5 heterocycles. The van der Waals surface area contributed by atoms with E-state index in [1.54, 1.807) is 6.07 Å². The molecule has 3 aromatic rings. The predicted octanol–water partition coefficient (Wildman–Crippen LogP) is 1.80. The second-order valence-electron chi connectivity index (χ2n) is 9.83. The Bertz CT molecular complexity index is 1450. The minimum atomic E-state index is -3.38. The lowest BCUT2D eigenvalue weighted by molar-refractivity contribution is 0.242. The normalized spacial score (nSPS) is 19.7. The fourth-order valence-corrected chi connectivity index (χ4v) is 6.21. The van der Waals surface area contributed by atoms with Crippen molar-refractivity contribution in [3.63, 3.8) is 0 Å². The summed E-state index contributed by atoms with van der Waals surface area (Å²) in [5, 5.41) is 4.12. The number of benzene rings is 1. The molecule has 0 radical (unpaired) electrons. The van der Waals surface area contributed by atoms with Crippen LogP contribution in [0.3, 0.4) is 0 Å². The molecule has 2 aromatic heterocycles. The molecule has 3 aliphatic heterocycles. The standard InChI is InChI=1S/C23H26FN7O2S/c1-13-5-17-19(16-6-14-8-31(34(2,32)33)9-15(14)7-18(16)24)28-22(25)29-20(17)21(27-13)30-11-23(12-30)3-4-26-10-23/h5-7,26H,3-4,8-12H2,1-2H3,(H2,25,28,29). The Labute approximate surface area is 197 Å². The molecule has 2 fully saturated rings. The smallest absolute Gasteiger partial charge is 0.221 e. The minimum absolute atomic E-state index is 0.0461. The van der Waals surface area contributed by atoms with E-state index in [1.165, 1.54) is 10.4 Å². The van der Waals surface area contributed by atoms with Crippen LogP contribution in [0.5, 0.6) is 0 Å². The predicted molar refractivity (Wildman–Crippen MR) is 128 cm³/mol. The number of nitrogen functional groups attached to an aromatic ring is 1. The van der Waals surface area contributed by atoms with E-state index < -0.39 is 15.8 Å². The third kappa shape index (κ3) is 3.41. The van der Waals surface area contributed by atoms with E-state index in [0.29, 0.717) is 22.2 Å². The molecule has 0 saturated carbocycles. The first kappa shape index (κ1) is 21.6. The van der Waals surface area contributed by atoms with E-state index in [1.807, 2.05) is 13.0 Å². The van der Waals surface area contributed by atoms with E-state index in [-0.39, 0.29) is 30.0 Å². The Hall–Kier alpha value is -2.89. The van der Waals surface area contributed by atoms with Gasteiger partial charge in [-0.1, -0.05) is 0 Å². The summed E-state index contributed by atoms with van der Waals surface area (Å²) in [4.78, 5) is 15.9. The second-order valence-corrected chi connectivity index (χ2v) is 11.8. The summed E-state index contributed by atoms with van der Waals surface area (Å²) in [5.74, 6) is 0.321. The molecule has 178 valence electrons. The summed E-state index contributed by atoms with van der Waals surface area (Å²) < 4.78 is 40.7. The van der Waals surface area contributed by atoms with Crippen molar-refractivity contribution in [2.45, 2.75) is 26.4 Å². The van der Waals surface area contributed by atoms with Gasteiger partial charge in [-0.15, -0.1) is 0 Å². The average molecular weight is 484 g/mol. The Kier molecular flexibility index (Phi) is 4.65. The highest BCUT2D eigenvalue weighted by molar-refractivity contribution is 7.88. The molecule has 9 nitrogen and oxygen atoms in total. The number of nitrogens with two attached hydrogens (primary N) is 1. The number of aryl methyl sites for hydroxylation is 1. The van der Waals surface area contributed by atoms with Crippen LogP contribution in [0.2, 0.25) is 0 Å². The fraction of sp³-hybridized carbons (Fsp3) is 0.435. The van der Waals surface area contributed by atoms with Gasteiger partial charge < -0.3 is 16.0 Å². The molecule has 11 heteroatoms. The van der Waals surface area contributed by atoms with Gasteiger partial charge in [0.15, 0.2) is 5.82 Å². The molecule has 0 amide bonds. The monoisotopic (exact) mass is 483 g/mol. The van der Waals surface area contributed by atoms with Gasteiger partial charge in [-0.2, -0.15) is 4.31 Å². The van der Waals surface area contributed by atoms with Gasteiger partial charge in [-0.3, -0.25) is 0 Å². The maximum absolute atomic E-state index is 15.3. The largest absolute Gasteiger partial charge is 0.368 e. The van der Waals surface area contributed by atoms with Crippen molar-refractivity contribution < 1.29 is 12.8 Å². The Morgan fingerprint density at radius 3 is 2.53 bits per heavy atom. The lowest BCUT2D eigenvalue weighted by Crippen LogP contribution is -2.58. The highest BCUT2D eigenvalue weighted by atomic mass is 32.2. The van der Waals surface area contributed by atoms with Crippen LogP contribution in [0.1, 0.15) is 23.2 Å². The third-order valence-corrected chi connectivity index (χ3v) is 8.40. The summed E-state index contributed by atoms with van der Waals surface area (Å²) in [5.41, 5.74) is 9.86. The number of pyridine rings is 1. The number of hydrogen-bond acceptors (Lipinski definition) is 8. The van der Waals surface area contributed by atoms with E-state index in [0.717, 1.165) is 55.9 Å². The van der Waals surface area contributed by atoms with Gasteiger partial charge in [-0.05, 0) is 49.2 Å². The maximum Gasteiger partial charge on any atom is 0.221 e. The lowest BCUT2D eigenvalue weighted by atomic mass is 9.79. The Morgan fingerprint density at radius 2 is 1.85 bits per heavy atom. The molecule has 0 atom stereocenters. The van der Waals surface area contributed by atoms with Gasteiger partial charge in [0.05, 0.1) is 11.9 Å². The zero-order chi connectivity index (χ0) is 23.8. The maximum atomic E-state index is 15.3. The fourth-order valence-electron chi connectivity index (χ4n) is 5.46. The third-order valence-electron chi connectivity index (χ3n) is 7.20. The number of sulfonamides is 1. The van der Waals surface area contributed by atoms with Crippen molar-refractivity contribution in [3.8, 4) is 11.3 Å². The van der Waals surface area contributed by atoms with Crippen LogP contribution in [0, 0.1) is 18.2 Å². The summed E-state index contributed by atoms with van der Waals surface area (Å²) in [7, 11) is -3.38. The topological polar surface area (TPSA) is 117 Å². The van der Waals surface area contributed by atoms with Gasteiger partial charge in [0.25, 0.3) is 0 Å². The number of hydrogen-bond donors (Lipinski definition) is 2. The van der Waals surface area contributed by atoms with Crippen molar-refractivity contribution in [1.82, 2.24) is 24.6 Å². The summed E-state index contributed by atoms with van der Waals surface area (Å²) in [6.45, 7) is 6.08. The number of nitrogens with zero attached hydrogens (tertiary/aromatic N) is 5. The molecule has 0 unspecified atom stereocenters. The first-order chi connectivity index (χ1) is 16.1. The number of nitrogens with one attached hydrogen (secondary N) is 1. The van der Waals surface area contributed by atoms with Crippen LogP contribution in [0.15, 0.2) is 18.2 Å². The number of aromatic nitrogens is 3. The zero-order valence-electron chi connectivity index (χ0n) is 19.1. The van der Waals surface area contributed by atoms with Gasteiger partial charge in [-0.25, -0.2) is 27.8 Å². The van der Waals surface area contributed by atoms with Gasteiger partial charge in [0, 0.05) is 54.8 Å². The number of fused-ring (bicyclic) bond motifs is 2. The highest BCUT2D eigenvalue weighted by Gasteiger charge is 2.46. The summed E-state index contributed by atoms with van der Waals surface area (Å²) in [6.07, 6.45) is 2.30. The number of rotatable bonds is 3. The van der Waals surface area contributed by atoms with Crippen molar-refractivity contribution in [2.24, 2.45) is 5.41 Å². The quantitative estimate of drug-likeness (QED) is 0.579. The summed E-state index contributed by atoms with van der Waals surface area (Å²) in [6, 6.07) is 4.95. The molecular formula is C23H26FN7O2S. The molecule has 0 bridgehead atoms. The SMILES string of the molecule is Cc1cc2c(-c3cc4c(cc3F)CN(S(C)(=O)=O)C4)nc(N)nc2c(N2CC3(CCNC3)C2)n1. The highest BCUT2D eigenvalue weighted by Crippen LogP contribution is 2.42. The molecule has 6 rings (SSSR count). The molecule has 1 spiro atoms. The Balaban J connectivity index is 1.46. The van der Waals surface area contributed by atoms with E-state index in [4.69, 9.17) is 10.7 Å². The average Bonchev–Trinajstić information content (AvgIpc) is 3.38. The molecule has 1 aromatic carbocycles. The van der Waals surface area contributed by atoms with Gasteiger partial charge >= 0.3 is 0 Å². The minimum Gasteiger partial charge on any atom is -0.368 e. The first-order valence-electron chi connectivity index (χ1n) is 11.3. The summed E-state index contributed by atoms with van der Waals surface area (Å²) >= 11 is 0. The first-order valence-corrected chi connectivity index (χ1v) is 13.1. The zero-order valence-corrected chi connectivity index (χ0v) is 19.9. The number of anilines is 2.